The highest BCUT2D eigenvalue weighted by atomic mass is 15.1. The van der Waals surface area contributed by atoms with E-state index < -0.39 is 0 Å². The van der Waals surface area contributed by atoms with Crippen LogP contribution in [0, 0.1) is 5.41 Å². The van der Waals surface area contributed by atoms with Gasteiger partial charge in [0.15, 0.2) is 0 Å². The molecule has 2 atom stereocenters. The van der Waals surface area contributed by atoms with Crippen molar-refractivity contribution in [2.45, 2.75) is 11.8 Å². The molecule has 1 fully saturated rings. The molecule has 0 saturated heterocycles. The molecule has 0 aromatic heterocycles. The molecule has 1 N–H and O–H groups in total. The van der Waals surface area contributed by atoms with E-state index in [9.17, 15) is 0 Å². The number of rotatable bonds is 10. The molecule has 1 spiro atoms. The fraction of sp³-hybridized carbons (Fsp3) is 0.0545. The van der Waals surface area contributed by atoms with Crippen LogP contribution in [0.3, 0.4) is 0 Å². The first-order chi connectivity index (χ1) is 28.2. The van der Waals surface area contributed by atoms with Gasteiger partial charge in [-0.2, -0.15) is 0 Å². The number of allylic oxidation sites excluding steroid dienone is 7. The minimum atomic E-state index is -0.166. The van der Waals surface area contributed by atoms with Crippen LogP contribution in [0.15, 0.2) is 230 Å². The Kier molecular flexibility index (Phi) is 8.73. The fourth-order valence-electron chi connectivity index (χ4n) is 9.17. The first kappa shape index (κ1) is 34.3. The molecule has 1 saturated carbocycles. The van der Waals surface area contributed by atoms with E-state index in [1.54, 1.807) is 0 Å². The van der Waals surface area contributed by atoms with Gasteiger partial charge in [0.05, 0.1) is 0 Å². The van der Waals surface area contributed by atoms with Crippen molar-refractivity contribution >= 4 is 46.2 Å². The van der Waals surface area contributed by atoms with Crippen LogP contribution in [0.2, 0.25) is 0 Å². The first-order valence-electron chi connectivity index (χ1n) is 19.8. The second kappa shape index (κ2) is 14.5. The SMILES string of the molecule is C1=CC2=C(c3ccc(N(c4ccccc4)c4ccccc4)cc3)c3cc(/C=C/C=C/c4ccccc4)ccc3C3(c4ccc(Nc5ccccc5)cc4)CC23C=C1. The van der Waals surface area contributed by atoms with Gasteiger partial charge in [-0.05, 0) is 118 Å². The Labute approximate surface area is 335 Å². The molecular formula is C55H42N2. The van der Waals surface area contributed by atoms with Gasteiger partial charge in [0, 0.05) is 39.3 Å². The van der Waals surface area contributed by atoms with Gasteiger partial charge >= 0.3 is 0 Å². The molecule has 7 aromatic carbocycles. The first-order valence-corrected chi connectivity index (χ1v) is 19.8. The predicted octanol–water partition coefficient (Wildman–Crippen LogP) is 14.2. The molecule has 3 aliphatic carbocycles. The number of nitrogens with zero attached hydrogens (tertiary/aromatic N) is 1. The third-order valence-electron chi connectivity index (χ3n) is 11.8. The summed E-state index contributed by atoms with van der Waals surface area (Å²) in [6.45, 7) is 0. The summed E-state index contributed by atoms with van der Waals surface area (Å²) in [6.07, 6.45) is 19.0. The molecular weight excluding hydrogens is 689 g/mol. The number of hydrogen-bond donors (Lipinski definition) is 1. The van der Waals surface area contributed by atoms with Gasteiger partial charge in [0.2, 0.25) is 0 Å². The monoisotopic (exact) mass is 730 g/mol. The van der Waals surface area contributed by atoms with E-state index in [1.807, 2.05) is 6.07 Å². The quantitative estimate of drug-likeness (QED) is 0.141. The van der Waals surface area contributed by atoms with Gasteiger partial charge in [-0.3, -0.25) is 0 Å². The molecule has 0 amide bonds. The third-order valence-corrected chi connectivity index (χ3v) is 11.8. The van der Waals surface area contributed by atoms with Crippen molar-refractivity contribution in [2.75, 3.05) is 10.2 Å². The maximum absolute atomic E-state index is 3.59. The van der Waals surface area contributed by atoms with Crippen LogP contribution < -0.4 is 10.2 Å². The molecule has 2 unspecified atom stereocenters. The van der Waals surface area contributed by atoms with Crippen molar-refractivity contribution in [2.24, 2.45) is 5.41 Å². The summed E-state index contributed by atoms with van der Waals surface area (Å²) in [5.74, 6) is 0. The highest BCUT2D eigenvalue weighted by Crippen LogP contribution is 2.77. The fourth-order valence-corrected chi connectivity index (χ4v) is 9.17. The van der Waals surface area contributed by atoms with Crippen LogP contribution in [-0.2, 0) is 5.41 Å². The number of para-hydroxylation sites is 3. The molecule has 0 aliphatic heterocycles. The summed E-state index contributed by atoms with van der Waals surface area (Å²) >= 11 is 0. The number of benzene rings is 7. The van der Waals surface area contributed by atoms with Crippen molar-refractivity contribution in [3.63, 3.8) is 0 Å². The lowest BCUT2D eigenvalue weighted by atomic mass is 9.66. The van der Waals surface area contributed by atoms with Crippen molar-refractivity contribution < 1.29 is 0 Å². The minimum Gasteiger partial charge on any atom is -0.356 e. The predicted molar refractivity (Wildman–Crippen MR) is 240 cm³/mol. The minimum absolute atomic E-state index is 0.132. The van der Waals surface area contributed by atoms with Crippen LogP contribution in [0.25, 0.3) is 17.7 Å². The molecule has 7 aromatic rings. The van der Waals surface area contributed by atoms with Crippen LogP contribution >= 0.6 is 0 Å². The van der Waals surface area contributed by atoms with Crippen LogP contribution in [0.5, 0.6) is 0 Å². The van der Waals surface area contributed by atoms with Crippen molar-refractivity contribution in [3.05, 3.63) is 263 Å². The lowest BCUT2D eigenvalue weighted by Crippen LogP contribution is -2.27. The Morgan fingerprint density at radius 2 is 1.09 bits per heavy atom. The highest BCUT2D eigenvalue weighted by Gasteiger charge is 2.71. The van der Waals surface area contributed by atoms with E-state index >= 15 is 0 Å². The van der Waals surface area contributed by atoms with Gasteiger partial charge < -0.3 is 10.2 Å². The van der Waals surface area contributed by atoms with Gasteiger partial charge in [-0.15, -0.1) is 0 Å². The average molecular weight is 731 g/mol. The third kappa shape index (κ3) is 6.16. The van der Waals surface area contributed by atoms with E-state index in [1.165, 1.54) is 44.5 Å². The molecule has 3 aliphatic rings. The molecule has 272 valence electrons. The van der Waals surface area contributed by atoms with Crippen LogP contribution in [0.1, 0.15) is 39.8 Å². The molecule has 2 nitrogen and oxygen atoms in total. The molecule has 57 heavy (non-hydrogen) atoms. The topological polar surface area (TPSA) is 15.3 Å². The van der Waals surface area contributed by atoms with Gasteiger partial charge in [0.25, 0.3) is 0 Å². The molecule has 0 bridgehead atoms. The van der Waals surface area contributed by atoms with E-state index in [4.69, 9.17) is 0 Å². The highest BCUT2D eigenvalue weighted by molar-refractivity contribution is 5.94. The summed E-state index contributed by atoms with van der Waals surface area (Å²) in [5, 5.41) is 3.59. The Balaban J connectivity index is 1.08. The van der Waals surface area contributed by atoms with Crippen molar-refractivity contribution in [1.29, 1.82) is 0 Å². The summed E-state index contributed by atoms with van der Waals surface area (Å²) in [7, 11) is 0. The Morgan fingerprint density at radius 3 is 1.75 bits per heavy atom. The van der Waals surface area contributed by atoms with Gasteiger partial charge in [-0.1, -0.05) is 170 Å². The zero-order valence-electron chi connectivity index (χ0n) is 31.7. The summed E-state index contributed by atoms with van der Waals surface area (Å²) < 4.78 is 0. The van der Waals surface area contributed by atoms with Gasteiger partial charge in [-0.25, -0.2) is 0 Å². The number of fused-ring (bicyclic) bond motifs is 2. The molecule has 2 heteroatoms. The standard InChI is InChI=1S/C55H42N2/c1-5-17-41(18-6-1)19-13-14-20-42-28-37-51-50(39-42)53(43-29-35-49(36-30-43)57(47-23-9-3-10-24-47)48-25-11-4-12-26-48)52-27-15-16-38-54(52)40-55(51,54)44-31-33-46(34-32-44)56-45-21-7-2-8-22-45/h1-39,56H,40H2/b19-13+,20-14+. The summed E-state index contributed by atoms with van der Waals surface area (Å²) in [5.41, 5.74) is 15.6. The largest absolute Gasteiger partial charge is 0.356 e. The Hall–Kier alpha value is -7.16. The average Bonchev–Trinajstić information content (AvgIpc) is 3.96. The lowest BCUT2D eigenvalue weighted by Gasteiger charge is -2.36. The molecule has 0 heterocycles. The molecule has 0 radical (unpaired) electrons. The number of nitrogens with one attached hydrogen (secondary N) is 1. The maximum Gasteiger partial charge on any atom is 0.0462 e. The lowest BCUT2D eigenvalue weighted by molar-refractivity contribution is 0.646. The summed E-state index contributed by atoms with van der Waals surface area (Å²) in [6, 6.07) is 67.6. The maximum atomic E-state index is 3.59. The number of hydrogen-bond acceptors (Lipinski definition) is 2. The van der Waals surface area contributed by atoms with Gasteiger partial charge in [0.1, 0.15) is 0 Å². The van der Waals surface area contributed by atoms with E-state index in [-0.39, 0.29) is 10.8 Å². The smallest absolute Gasteiger partial charge is 0.0462 e. The van der Waals surface area contributed by atoms with Crippen molar-refractivity contribution in [3.8, 4) is 0 Å². The van der Waals surface area contributed by atoms with Crippen molar-refractivity contribution in [1.82, 2.24) is 0 Å². The van der Waals surface area contributed by atoms with Crippen LogP contribution in [-0.4, -0.2) is 0 Å². The van der Waals surface area contributed by atoms with Crippen LogP contribution in [0.4, 0.5) is 28.4 Å². The zero-order valence-corrected chi connectivity index (χ0v) is 31.7. The van der Waals surface area contributed by atoms with E-state index in [0.29, 0.717) is 0 Å². The normalized spacial score (nSPS) is 18.9. The van der Waals surface area contributed by atoms with E-state index in [2.05, 4.69) is 241 Å². The Morgan fingerprint density at radius 1 is 0.509 bits per heavy atom. The second-order valence-corrected chi connectivity index (χ2v) is 15.1. The van der Waals surface area contributed by atoms with E-state index in [0.717, 1.165) is 34.9 Å². The Bertz CT molecular complexity index is 2650. The summed E-state index contributed by atoms with van der Waals surface area (Å²) in [4.78, 5) is 2.33. The molecule has 10 rings (SSSR count). The number of anilines is 5. The zero-order chi connectivity index (χ0) is 38.1. The second-order valence-electron chi connectivity index (χ2n) is 15.1.